The molecule has 3 heterocycles. The molecule has 9 atom stereocenters. The standard InChI is InChI=1S/C45H68N4O12/c1-9-11-15-23-44(24-16-12-10-2)59-36-32-25-45(42(56)47-35(28(3)51)40(54)46-31(27-50)20-22-34(53)58-43(4,5)6)38(41(55)57-32)49(61-39(45)37(36)60-44)26-30-18-14-13-17-29(30)19-21-33(52)48(7)8/h13-14,17-19,21,28,31-32,35-39,50-51H,9-12,15-16,20,22-27H2,1-8H3,(H,46,54)(H,47,56). The van der Waals surface area contributed by atoms with Gasteiger partial charge in [0.25, 0.3) is 0 Å². The van der Waals surface area contributed by atoms with Crippen LogP contribution in [0.5, 0.6) is 0 Å². The lowest BCUT2D eigenvalue weighted by atomic mass is 9.62. The number of unbranched alkanes of at least 4 members (excludes halogenated alkanes) is 4. The molecule has 61 heavy (non-hydrogen) atoms. The highest BCUT2D eigenvalue weighted by Crippen LogP contribution is 2.58. The van der Waals surface area contributed by atoms with E-state index in [9.17, 15) is 29.4 Å². The number of aliphatic hydroxyl groups excluding tert-OH is 2. The number of carbonyl (C=O) groups excluding carboxylic acids is 5. The Morgan fingerprint density at radius 2 is 1.67 bits per heavy atom. The Bertz CT molecular complexity index is 1740. The molecular weight excluding hydrogens is 789 g/mol. The molecule has 16 heteroatoms. The molecule has 3 amide bonds. The summed E-state index contributed by atoms with van der Waals surface area (Å²) < 4.78 is 25.4. The summed E-state index contributed by atoms with van der Waals surface area (Å²) in [5.41, 5.74) is -0.991. The molecule has 3 aliphatic heterocycles. The second kappa shape index (κ2) is 20.5. The maximum Gasteiger partial charge on any atom is 0.327 e. The predicted molar refractivity (Wildman–Crippen MR) is 224 cm³/mol. The molecule has 1 aliphatic carbocycles. The number of benzene rings is 1. The molecule has 16 nitrogen and oxygen atoms in total. The van der Waals surface area contributed by atoms with Crippen molar-refractivity contribution < 1.29 is 58.0 Å². The molecule has 340 valence electrons. The van der Waals surface area contributed by atoms with E-state index < -0.39 is 95.8 Å². The number of nitrogens with one attached hydrogen (secondary N) is 2. The molecule has 4 aliphatic rings. The van der Waals surface area contributed by atoms with Crippen LogP contribution in [-0.2, 0) is 54.3 Å². The van der Waals surface area contributed by atoms with Crippen molar-refractivity contribution in [2.45, 2.75) is 179 Å². The SMILES string of the molecule is CCCCCC1(CCCCC)OC2C3CC4(C(=O)NC(C(=O)NC(CO)CCC(=O)OC(C)(C)C)C(C)O)C(ON(Cc5ccccc5C=CC(=O)N(C)C)C4C(=O)O3)C2O1. The molecule has 4 fully saturated rings. The predicted octanol–water partition coefficient (Wildman–Crippen LogP) is 3.69. The van der Waals surface area contributed by atoms with Gasteiger partial charge in [0, 0.05) is 45.9 Å². The van der Waals surface area contributed by atoms with Crippen molar-refractivity contribution in [2.75, 3.05) is 20.7 Å². The summed E-state index contributed by atoms with van der Waals surface area (Å²) in [4.78, 5) is 76.5. The molecule has 1 aromatic carbocycles. The van der Waals surface area contributed by atoms with Gasteiger partial charge in [-0.3, -0.25) is 28.8 Å². The van der Waals surface area contributed by atoms with E-state index in [1.165, 1.54) is 23.0 Å². The van der Waals surface area contributed by atoms with E-state index in [1.807, 2.05) is 24.3 Å². The number of fused-ring (bicyclic) bond motifs is 4. The number of amides is 3. The summed E-state index contributed by atoms with van der Waals surface area (Å²) in [6.45, 7) is 10.3. The summed E-state index contributed by atoms with van der Waals surface area (Å²) in [7, 11) is 3.30. The number of ether oxygens (including phenoxy) is 4. The van der Waals surface area contributed by atoms with Gasteiger partial charge in [0.05, 0.1) is 25.3 Å². The maximum atomic E-state index is 15.2. The lowest BCUT2D eigenvalue weighted by molar-refractivity contribution is -0.224. The second-order valence-corrected chi connectivity index (χ2v) is 18.2. The first-order chi connectivity index (χ1) is 28.9. The molecule has 5 rings (SSSR count). The number of esters is 2. The van der Waals surface area contributed by atoms with Crippen molar-refractivity contribution >= 4 is 35.7 Å². The number of hydroxylamine groups is 2. The average molecular weight is 857 g/mol. The monoisotopic (exact) mass is 856 g/mol. The van der Waals surface area contributed by atoms with Crippen LogP contribution in [-0.4, -0.2) is 131 Å². The summed E-state index contributed by atoms with van der Waals surface area (Å²) in [6.07, 6.45) is 4.94. The third-order valence-electron chi connectivity index (χ3n) is 12.0. The Morgan fingerprint density at radius 1 is 1.02 bits per heavy atom. The largest absolute Gasteiger partial charge is 0.460 e. The molecule has 1 aromatic rings. The van der Waals surface area contributed by atoms with E-state index in [0.29, 0.717) is 24.0 Å². The van der Waals surface area contributed by atoms with Gasteiger partial charge in [-0.05, 0) is 64.2 Å². The van der Waals surface area contributed by atoms with Crippen LogP contribution in [0, 0.1) is 5.41 Å². The molecule has 0 radical (unpaired) electrons. The van der Waals surface area contributed by atoms with E-state index in [0.717, 1.165) is 38.5 Å². The van der Waals surface area contributed by atoms with Crippen molar-refractivity contribution in [1.82, 2.24) is 20.6 Å². The van der Waals surface area contributed by atoms with Crippen molar-refractivity contribution in [3.63, 3.8) is 0 Å². The van der Waals surface area contributed by atoms with Gasteiger partial charge in [0.1, 0.15) is 41.5 Å². The van der Waals surface area contributed by atoms with Gasteiger partial charge >= 0.3 is 11.9 Å². The molecule has 9 unspecified atom stereocenters. The van der Waals surface area contributed by atoms with Gasteiger partial charge in [-0.1, -0.05) is 63.8 Å². The van der Waals surface area contributed by atoms with Crippen molar-refractivity contribution in [2.24, 2.45) is 5.41 Å². The normalized spacial score (nSPS) is 26.9. The zero-order chi connectivity index (χ0) is 44.7. The summed E-state index contributed by atoms with van der Waals surface area (Å²) in [6, 6.07) is 3.61. The van der Waals surface area contributed by atoms with E-state index in [4.69, 9.17) is 23.8 Å². The lowest BCUT2D eigenvalue weighted by Crippen LogP contribution is -2.71. The highest BCUT2D eigenvalue weighted by atomic mass is 16.8. The second-order valence-electron chi connectivity index (χ2n) is 18.2. The maximum absolute atomic E-state index is 15.2. The number of hydrogen-bond donors (Lipinski definition) is 4. The Labute approximate surface area is 359 Å². The number of nitrogens with zero attached hydrogens (tertiary/aromatic N) is 2. The molecule has 3 saturated heterocycles. The van der Waals surface area contributed by atoms with Gasteiger partial charge in [-0.25, -0.2) is 0 Å². The summed E-state index contributed by atoms with van der Waals surface area (Å²) in [5.74, 6) is -3.94. The summed E-state index contributed by atoms with van der Waals surface area (Å²) in [5, 5.41) is 28.0. The molecule has 2 bridgehead atoms. The Morgan fingerprint density at radius 3 is 2.28 bits per heavy atom. The average Bonchev–Trinajstić information content (AvgIpc) is 3.75. The van der Waals surface area contributed by atoms with Crippen LogP contribution < -0.4 is 10.6 Å². The van der Waals surface area contributed by atoms with Crippen molar-refractivity contribution in [1.29, 1.82) is 0 Å². The smallest absolute Gasteiger partial charge is 0.327 e. The number of hydrogen-bond acceptors (Lipinski definition) is 13. The minimum atomic E-state index is -1.67. The first-order valence-corrected chi connectivity index (χ1v) is 22.0. The number of aliphatic hydroxyl groups is 2. The molecule has 0 spiro atoms. The Balaban J connectivity index is 1.49. The molecular formula is C45H68N4O12. The van der Waals surface area contributed by atoms with Gasteiger partial charge in [-0.15, -0.1) is 0 Å². The zero-order valence-corrected chi connectivity index (χ0v) is 37.1. The first kappa shape index (κ1) is 48.1. The number of rotatable bonds is 21. The van der Waals surface area contributed by atoms with Crippen LogP contribution in [0.3, 0.4) is 0 Å². The molecule has 4 N–H and O–H groups in total. The van der Waals surface area contributed by atoms with Crippen molar-refractivity contribution in [3.8, 4) is 0 Å². The minimum Gasteiger partial charge on any atom is -0.460 e. The fourth-order valence-corrected chi connectivity index (χ4v) is 8.88. The van der Waals surface area contributed by atoms with Crippen molar-refractivity contribution in [3.05, 3.63) is 41.5 Å². The van der Waals surface area contributed by atoms with Crippen LogP contribution in [0.2, 0.25) is 0 Å². The van der Waals surface area contributed by atoms with E-state index in [2.05, 4.69) is 24.5 Å². The Hall–Kier alpha value is -3.93. The zero-order valence-electron chi connectivity index (χ0n) is 37.1. The quantitative estimate of drug-likeness (QED) is 0.0793. The lowest BCUT2D eigenvalue weighted by Gasteiger charge is -2.49. The topological polar surface area (TPSA) is 202 Å². The fourth-order valence-electron chi connectivity index (χ4n) is 8.88. The van der Waals surface area contributed by atoms with E-state index in [-0.39, 0.29) is 31.7 Å². The van der Waals surface area contributed by atoms with Crippen LogP contribution in [0.15, 0.2) is 30.3 Å². The Kier molecular flexibility index (Phi) is 16.2. The first-order valence-electron chi connectivity index (χ1n) is 22.0. The fraction of sp³-hybridized carbons (Fsp3) is 0.711. The number of likely N-dealkylation sites (N-methyl/N-ethyl adjacent to an activating group) is 1. The van der Waals surface area contributed by atoms with Crippen LogP contribution in [0.4, 0.5) is 0 Å². The molecule has 0 aromatic heterocycles. The highest BCUT2D eigenvalue weighted by Gasteiger charge is 2.76. The molecule has 1 saturated carbocycles. The van der Waals surface area contributed by atoms with Crippen LogP contribution >= 0.6 is 0 Å². The minimum absolute atomic E-state index is 0.0108. The third kappa shape index (κ3) is 11.2. The van der Waals surface area contributed by atoms with Gasteiger partial charge < -0.3 is 44.7 Å². The van der Waals surface area contributed by atoms with Gasteiger partial charge in [0.2, 0.25) is 17.7 Å². The van der Waals surface area contributed by atoms with Crippen LogP contribution in [0.25, 0.3) is 6.08 Å². The van der Waals surface area contributed by atoms with Gasteiger partial charge in [-0.2, -0.15) is 5.06 Å². The van der Waals surface area contributed by atoms with E-state index in [1.54, 1.807) is 40.9 Å². The van der Waals surface area contributed by atoms with E-state index >= 15 is 4.79 Å². The third-order valence-corrected chi connectivity index (χ3v) is 12.0. The summed E-state index contributed by atoms with van der Waals surface area (Å²) >= 11 is 0. The number of carbonyl (C=O) groups is 5. The highest BCUT2D eigenvalue weighted by molar-refractivity contribution is 5.96. The van der Waals surface area contributed by atoms with Crippen LogP contribution in [0.1, 0.15) is 123 Å². The van der Waals surface area contributed by atoms with Gasteiger partial charge in [0.15, 0.2) is 11.8 Å².